The van der Waals surface area contributed by atoms with Crippen LogP contribution in [0.15, 0.2) is 17.5 Å². The highest BCUT2D eigenvalue weighted by atomic mass is 32.1. The van der Waals surface area contributed by atoms with E-state index in [4.69, 9.17) is 0 Å². The number of rotatable bonds is 2. The molecule has 0 radical (unpaired) electrons. The number of nitrogens with one attached hydrogen (secondary N) is 2. The molecule has 2 amide bonds. The maximum atomic E-state index is 11.7. The Balaban J connectivity index is 1.77. The van der Waals surface area contributed by atoms with E-state index in [0.29, 0.717) is 6.04 Å². The number of thiophene rings is 1. The fraction of sp³-hybridized carbons (Fsp3) is 0.583. The number of carbonyl (C=O) groups is 1. The highest BCUT2D eigenvalue weighted by Crippen LogP contribution is 2.18. The fourth-order valence-electron chi connectivity index (χ4n) is 2.11. The lowest BCUT2D eigenvalue weighted by atomic mass is 10.1. The van der Waals surface area contributed by atoms with Gasteiger partial charge in [0.15, 0.2) is 0 Å². The van der Waals surface area contributed by atoms with E-state index < -0.39 is 0 Å². The van der Waals surface area contributed by atoms with E-state index in [0.717, 1.165) is 17.8 Å². The van der Waals surface area contributed by atoms with Crippen LogP contribution in [0.5, 0.6) is 0 Å². The van der Waals surface area contributed by atoms with Gasteiger partial charge in [0.1, 0.15) is 0 Å². The molecule has 16 heavy (non-hydrogen) atoms. The monoisotopic (exact) mass is 238 g/mol. The first-order valence-electron chi connectivity index (χ1n) is 5.95. The summed E-state index contributed by atoms with van der Waals surface area (Å²) in [5, 5.41) is 8.78. The van der Waals surface area contributed by atoms with Gasteiger partial charge in [-0.1, -0.05) is 25.7 Å². The summed E-state index contributed by atoms with van der Waals surface area (Å²) in [6.07, 6.45) is 7.35. The van der Waals surface area contributed by atoms with Crippen LogP contribution in [0.2, 0.25) is 0 Å². The SMILES string of the molecule is O=C(Nc1cccs1)NC1CCCCCC1. The molecule has 0 atom stereocenters. The van der Waals surface area contributed by atoms with Gasteiger partial charge >= 0.3 is 6.03 Å². The summed E-state index contributed by atoms with van der Waals surface area (Å²) in [6, 6.07) is 4.15. The summed E-state index contributed by atoms with van der Waals surface area (Å²) in [5.41, 5.74) is 0. The molecule has 0 saturated heterocycles. The first-order chi connectivity index (χ1) is 7.84. The van der Waals surface area contributed by atoms with Crippen molar-refractivity contribution in [3.63, 3.8) is 0 Å². The lowest BCUT2D eigenvalue weighted by Gasteiger charge is -2.16. The molecule has 88 valence electrons. The molecule has 1 fully saturated rings. The Labute approximate surface area is 100 Å². The molecule has 0 aromatic carbocycles. The molecule has 2 N–H and O–H groups in total. The Kier molecular flexibility index (Phi) is 4.22. The third-order valence-corrected chi connectivity index (χ3v) is 3.73. The summed E-state index contributed by atoms with van der Waals surface area (Å²) in [7, 11) is 0. The Morgan fingerprint density at radius 3 is 2.62 bits per heavy atom. The second-order valence-electron chi connectivity index (χ2n) is 4.26. The van der Waals surface area contributed by atoms with Crippen molar-refractivity contribution in [2.45, 2.75) is 44.6 Å². The quantitative estimate of drug-likeness (QED) is 0.759. The maximum absolute atomic E-state index is 11.7. The van der Waals surface area contributed by atoms with E-state index >= 15 is 0 Å². The van der Waals surface area contributed by atoms with Gasteiger partial charge in [0.05, 0.1) is 5.00 Å². The van der Waals surface area contributed by atoms with Gasteiger partial charge in [-0.3, -0.25) is 5.32 Å². The molecule has 0 aliphatic heterocycles. The number of carbonyl (C=O) groups excluding carboxylic acids is 1. The van der Waals surface area contributed by atoms with Crippen molar-refractivity contribution in [3.05, 3.63) is 17.5 Å². The molecule has 2 rings (SSSR count). The van der Waals surface area contributed by atoms with Gasteiger partial charge in [0, 0.05) is 6.04 Å². The average Bonchev–Trinajstić information content (AvgIpc) is 2.62. The molecular formula is C12H18N2OS. The maximum Gasteiger partial charge on any atom is 0.320 e. The van der Waals surface area contributed by atoms with Crippen LogP contribution in [0.4, 0.5) is 9.80 Å². The number of urea groups is 1. The molecule has 1 aliphatic rings. The van der Waals surface area contributed by atoms with Crippen molar-refractivity contribution in [1.29, 1.82) is 0 Å². The van der Waals surface area contributed by atoms with Crippen molar-refractivity contribution in [1.82, 2.24) is 5.32 Å². The zero-order chi connectivity index (χ0) is 11.2. The number of amides is 2. The van der Waals surface area contributed by atoms with Crippen LogP contribution in [-0.2, 0) is 0 Å². The number of hydrogen-bond acceptors (Lipinski definition) is 2. The van der Waals surface area contributed by atoms with Crippen LogP contribution >= 0.6 is 11.3 Å². The highest BCUT2D eigenvalue weighted by molar-refractivity contribution is 7.14. The highest BCUT2D eigenvalue weighted by Gasteiger charge is 2.14. The van der Waals surface area contributed by atoms with Crippen LogP contribution in [-0.4, -0.2) is 12.1 Å². The number of anilines is 1. The van der Waals surface area contributed by atoms with Crippen molar-refractivity contribution >= 4 is 22.4 Å². The van der Waals surface area contributed by atoms with Crippen LogP contribution in [0.1, 0.15) is 38.5 Å². The van der Waals surface area contributed by atoms with Gasteiger partial charge < -0.3 is 5.32 Å². The molecule has 1 saturated carbocycles. The van der Waals surface area contributed by atoms with Crippen LogP contribution in [0.3, 0.4) is 0 Å². The third-order valence-electron chi connectivity index (χ3n) is 2.95. The van der Waals surface area contributed by atoms with E-state index in [1.165, 1.54) is 25.7 Å². The molecule has 1 aromatic rings. The Hall–Kier alpha value is -1.03. The summed E-state index contributed by atoms with van der Waals surface area (Å²) in [6.45, 7) is 0. The average molecular weight is 238 g/mol. The standard InChI is InChI=1S/C12H18N2OS/c15-12(14-11-8-5-9-16-11)13-10-6-3-1-2-4-7-10/h5,8-10H,1-4,6-7H2,(H2,13,14,15). The fourth-order valence-corrected chi connectivity index (χ4v) is 2.72. The molecular weight excluding hydrogens is 220 g/mol. The molecule has 1 aliphatic carbocycles. The lowest BCUT2D eigenvalue weighted by Crippen LogP contribution is -2.37. The predicted molar refractivity (Wildman–Crippen MR) is 68.0 cm³/mol. The molecule has 0 unspecified atom stereocenters. The Morgan fingerprint density at radius 1 is 1.25 bits per heavy atom. The third kappa shape index (κ3) is 3.52. The van der Waals surface area contributed by atoms with Crippen LogP contribution < -0.4 is 10.6 Å². The largest absolute Gasteiger partial charge is 0.335 e. The van der Waals surface area contributed by atoms with E-state index in [1.54, 1.807) is 11.3 Å². The second-order valence-corrected chi connectivity index (χ2v) is 5.21. The molecule has 3 nitrogen and oxygen atoms in total. The minimum Gasteiger partial charge on any atom is -0.335 e. The van der Waals surface area contributed by atoms with Crippen molar-refractivity contribution < 1.29 is 4.79 Å². The van der Waals surface area contributed by atoms with Crippen LogP contribution in [0.25, 0.3) is 0 Å². The Morgan fingerprint density at radius 2 is 2.00 bits per heavy atom. The molecule has 0 bridgehead atoms. The zero-order valence-corrected chi connectivity index (χ0v) is 10.2. The van der Waals surface area contributed by atoms with Crippen molar-refractivity contribution in [2.75, 3.05) is 5.32 Å². The minimum absolute atomic E-state index is 0.0608. The van der Waals surface area contributed by atoms with E-state index in [9.17, 15) is 4.79 Å². The van der Waals surface area contributed by atoms with E-state index in [1.807, 2.05) is 17.5 Å². The topological polar surface area (TPSA) is 41.1 Å². The van der Waals surface area contributed by atoms with Gasteiger partial charge in [-0.05, 0) is 30.4 Å². The summed E-state index contributed by atoms with van der Waals surface area (Å²) >= 11 is 1.55. The van der Waals surface area contributed by atoms with Crippen LogP contribution in [0, 0.1) is 0 Å². The van der Waals surface area contributed by atoms with Gasteiger partial charge in [-0.25, -0.2) is 4.79 Å². The summed E-state index contributed by atoms with van der Waals surface area (Å²) < 4.78 is 0. The van der Waals surface area contributed by atoms with Gasteiger partial charge in [-0.2, -0.15) is 0 Å². The molecule has 0 spiro atoms. The van der Waals surface area contributed by atoms with E-state index in [-0.39, 0.29) is 6.03 Å². The first-order valence-corrected chi connectivity index (χ1v) is 6.83. The summed E-state index contributed by atoms with van der Waals surface area (Å²) in [5.74, 6) is 0. The van der Waals surface area contributed by atoms with Gasteiger partial charge in [0.2, 0.25) is 0 Å². The van der Waals surface area contributed by atoms with Crippen molar-refractivity contribution in [3.8, 4) is 0 Å². The van der Waals surface area contributed by atoms with Crippen molar-refractivity contribution in [2.24, 2.45) is 0 Å². The van der Waals surface area contributed by atoms with Gasteiger partial charge in [-0.15, -0.1) is 11.3 Å². The lowest BCUT2D eigenvalue weighted by molar-refractivity contribution is 0.247. The zero-order valence-electron chi connectivity index (χ0n) is 9.37. The molecule has 4 heteroatoms. The first kappa shape index (κ1) is 11.5. The minimum atomic E-state index is -0.0608. The predicted octanol–water partition coefficient (Wildman–Crippen LogP) is 3.59. The molecule has 1 heterocycles. The normalized spacial score (nSPS) is 17.8. The Bertz CT molecular complexity index is 316. The second kappa shape index (κ2) is 5.89. The molecule has 1 aromatic heterocycles. The van der Waals surface area contributed by atoms with E-state index in [2.05, 4.69) is 10.6 Å². The summed E-state index contributed by atoms with van der Waals surface area (Å²) in [4.78, 5) is 11.7. The smallest absolute Gasteiger partial charge is 0.320 e. The van der Waals surface area contributed by atoms with Gasteiger partial charge in [0.25, 0.3) is 0 Å². The number of hydrogen-bond donors (Lipinski definition) is 2.